The lowest BCUT2D eigenvalue weighted by atomic mass is 10.0. The number of hydrogen-bond donors (Lipinski definition) is 0. The molecule has 1 atom stereocenters. The highest BCUT2D eigenvalue weighted by atomic mass is 32.2. The molecule has 0 fully saturated rings. The first-order chi connectivity index (χ1) is 21.1. The van der Waals surface area contributed by atoms with Crippen LogP contribution in [0.25, 0.3) is 23.0 Å². The standard InChI is InChI=1S/C31H27N5O5S3/c1-19-26(30(38)41-4)28(24-11-8-16-42-24)36-29(37)25(43-31(36)32-19)17-21-18-35(22-9-6-5-7-10-22)33-27(21)20-12-14-23(15-13-20)44(39,40)34(2)3/h5-18,28H,1-4H3/b25-17+/t28-/m0/s1. The van der Waals surface area contributed by atoms with E-state index in [0.717, 1.165) is 14.9 Å². The average molecular weight is 646 g/mol. The predicted molar refractivity (Wildman–Crippen MR) is 170 cm³/mol. The van der Waals surface area contributed by atoms with Crippen LogP contribution in [-0.2, 0) is 19.6 Å². The molecule has 6 rings (SSSR count). The van der Waals surface area contributed by atoms with Gasteiger partial charge in [-0.1, -0.05) is 47.7 Å². The van der Waals surface area contributed by atoms with Crippen molar-refractivity contribution in [2.24, 2.45) is 4.99 Å². The van der Waals surface area contributed by atoms with E-state index in [9.17, 15) is 18.0 Å². The number of hydrogen-bond acceptors (Lipinski definition) is 9. The monoisotopic (exact) mass is 645 g/mol. The van der Waals surface area contributed by atoms with Crippen molar-refractivity contribution in [3.8, 4) is 16.9 Å². The Bertz CT molecular complexity index is 2190. The number of benzene rings is 2. The third kappa shape index (κ3) is 5.17. The molecule has 4 heterocycles. The van der Waals surface area contributed by atoms with E-state index in [4.69, 9.17) is 9.84 Å². The summed E-state index contributed by atoms with van der Waals surface area (Å²) in [4.78, 5) is 33.0. The maximum absolute atomic E-state index is 14.0. The topological polar surface area (TPSA) is 116 Å². The molecule has 224 valence electrons. The number of sulfonamides is 1. The zero-order chi connectivity index (χ0) is 31.2. The molecule has 0 N–H and O–H groups in total. The zero-order valence-corrected chi connectivity index (χ0v) is 26.6. The molecule has 0 unspecified atom stereocenters. The van der Waals surface area contributed by atoms with Gasteiger partial charge >= 0.3 is 5.97 Å². The molecule has 5 aromatic rings. The van der Waals surface area contributed by atoms with Crippen molar-refractivity contribution < 1.29 is 17.9 Å². The molecule has 0 amide bonds. The smallest absolute Gasteiger partial charge is 0.338 e. The Morgan fingerprint density at radius 2 is 1.77 bits per heavy atom. The Hall–Kier alpha value is -4.43. The largest absolute Gasteiger partial charge is 0.466 e. The van der Waals surface area contributed by atoms with E-state index in [2.05, 4.69) is 4.99 Å². The van der Waals surface area contributed by atoms with Gasteiger partial charge in [-0.3, -0.25) is 9.36 Å². The van der Waals surface area contributed by atoms with E-state index < -0.39 is 22.0 Å². The lowest BCUT2D eigenvalue weighted by Crippen LogP contribution is -2.39. The van der Waals surface area contributed by atoms with Crippen molar-refractivity contribution in [3.05, 3.63) is 120 Å². The van der Waals surface area contributed by atoms with E-state index in [1.165, 1.54) is 43.9 Å². The van der Waals surface area contributed by atoms with Crippen molar-refractivity contribution in [1.82, 2.24) is 18.7 Å². The number of para-hydroxylation sites is 1. The second-order valence-electron chi connectivity index (χ2n) is 10.1. The molecular formula is C31H27N5O5S3. The number of rotatable bonds is 7. The molecule has 0 aliphatic carbocycles. The van der Waals surface area contributed by atoms with Gasteiger partial charge in [-0.15, -0.1) is 11.3 Å². The van der Waals surface area contributed by atoms with E-state index in [1.54, 1.807) is 46.5 Å². The number of carbonyl (C=O) groups is 1. The summed E-state index contributed by atoms with van der Waals surface area (Å²) < 4.78 is 35.2. The Kier molecular flexibility index (Phi) is 7.80. The summed E-state index contributed by atoms with van der Waals surface area (Å²) in [6.45, 7) is 1.74. The molecule has 0 saturated carbocycles. The Balaban J connectivity index is 1.54. The Morgan fingerprint density at radius 3 is 2.41 bits per heavy atom. The quantitative estimate of drug-likeness (QED) is 0.250. The van der Waals surface area contributed by atoms with Gasteiger partial charge in [0, 0.05) is 36.3 Å². The molecule has 10 nitrogen and oxygen atoms in total. The number of carbonyl (C=O) groups excluding carboxylic acids is 1. The van der Waals surface area contributed by atoms with Crippen molar-refractivity contribution in [3.63, 3.8) is 0 Å². The van der Waals surface area contributed by atoms with Crippen LogP contribution in [0.2, 0.25) is 0 Å². The van der Waals surface area contributed by atoms with E-state index in [-0.39, 0.29) is 10.5 Å². The SMILES string of the molecule is COC(=O)C1=C(C)N=c2s/c(=C/c3cn(-c4ccccc4)nc3-c3ccc(S(=O)(=O)N(C)C)cc3)c(=O)n2[C@H]1c1cccs1. The Morgan fingerprint density at radius 1 is 1.05 bits per heavy atom. The number of fused-ring (bicyclic) bond motifs is 1. The van der Waals surface area contributed by atoms with Gasteiger partial charge < -0.3 is 4.74 Å². The second kappa shape index (κ2) is 11.6. The molecule has 1 aliphatic heterocycles. The fourth-order valence-electron chi connectivity index (χ4n) is 4.98. The lowest BCUT2D eigenvalue weighted by molar-refractivity contribution is -0.136. The number of esters is 1. The van der Waals surface area contributed by atoms with Gasteiger partial charge in [0.05, 0.1) is 39.2 Å². The van der Waals surface area contributed by atoms with E-state index >= 15 is 0 Å². The summed E-state index contributed by atoms with van der Waals surface area (Å²) in [7, 11) is 0.670. The van der Waals surface area contributed by atoms with Crippen molar-refractivity contribution in [2.75, 3.05) is 21.2 Å². The molecule has 3 aromatic heterocycles. The van der Waals surface area contributed by atoms with Crippen LogP contribution in [0.15, 0.2) is 104 Å². The number of aromatic nitrogens is 3. The second-order valence-corrected chi connectivity index (χ2v) is 14.3. The van der Waals surface area contributed by atoms with Gasteiger partial charge in [0.25, 0.3) is 5.56 Å². The summed E-state index contributed by atoms with van der Waals surface area (Å²) in [5.74, 6) is -0.537. The average Bonchev–Trinajstić information content (AvgIpc) is 3.77. The van der Waals surface area contributed by atoms with Crippen LogP contribution >= 0.6 is 22.7 Å². The fourth-order valence-corrected chi connectivity index (χ4v) is 7.74. The van der Waals surface area contributed by atoms with Gasteiger partial charge in [-0.05, 0) is 48.7 Å². The number of thiophene rings is 1. The Labute approximate surface area is 261 Å². The highest BCUT2D eigenvalue weighted by Crippen LogP contribution is 2.33. The minimum absolute atomic E-state index is 0.161. The molecule has 0 bridgehead atoms. The maximum Gasteiger partial charge on any atom is 0.338 e. The third-order valence-corrected chi connectivity index (χ3v) is 10.9. The molecule has 0 spiro atoms. The number of ether oxygens (including phenoxy) is 1. The molecular weight excluding hydrogens is 619 g/mol. The van der Waals surface area contributed by atoms with E-state index in [1.807, 2.05) is 54.0 Å². The minimum Gasteiger partial charge on any atom is -0.466 e. The first-order valence-electron chi connectivity index (χ1n) is 13.4. The zero-order valence-electron chi connectivity index (χ0n) is 24.2. The normalized spacial score (nSPS) is 15.4. The molecule has 44 heavy (non-hydrogen) atoms. The van der Waals surface area contributed by atoms with Gasteiger partial charge in [0.2, 0.25) is 10.0 Å². The number of allylic oxidation sites excluding steroid dienone is 1. The van der Waals surface area contributed by atoms with Crippen LogP contribution in [0.1, 0.15) is 23.4 Å². The summed E-state index contributed by atoms with van der Waals surface area (Å²) in [5, 5.41) is 6.73. The minimum atomic E-state index is -3.61. The van der Waals surface area contributed by atoms with Crippen LogP contribution < -0.4 is 14.9 Å². The highest BCUT2D eigenvalue weighted by molar-refractivity contribution is 7.89. The van der Waals surface area contributed by atoms with Gasteiger partial charge in [0.1, 0.15) is 6.04 Å². The number of thiazole rings is 1. The number of methoxy groups -OCH3 is 1. The predicted octanol–water partition coefficient (Wildman–Crippen LogP) is 3.57. The summed E-state index contributed by atoms with van der Waals surface area (Å²) in [6, 6.07) is 19.1. The van der Waals surface area contributed by atoms with Gasteiger partial charge in [0.15, 0.2) is 4.80 Å². The molecule has 0 radical (unpaired) electrons. The van der Waals surface area contributed by atoms with Crippen LogP contribution in [-0.4, -0.2) is 54.2 Å². The lowest BCUT2D eigenvalue weighted by Gasteiger charge is -2.22. The summed E-state index contributed by atoms with van der Waals surface area (Å²) in [6.07, 6.45) is 3.59. The first kappa shape index (κ1) is 29.6. The fraction of sp³-hybridized carbons (Fsp3) is 0.161. The van der Waals surface area contributed by atoms with Crippen LogP contribution in [0.3, 0.4) is 0 Å². The van der Waals surface area contributed by atoms with Crippen molar-refractivity contribution in [1.29, 1.82) is 0 Å². The third-order valence-electron chi connectivity index (χ3n) is 7.20. The summed E-state index contributed by atoms with van der Waals surface area (Å²) >= 11 is 2.67. The first-order valence-corrected chi connectivity index (χ1v) is 16.6. The molecule has 2 aromatic carbocycles. The summed E-state index contributed by atoms with van der Waals surface area (Å²) in [5.41, 5.74) is 3.22. The van der Waals surface area contributed by atoms with Crippen LogP contribution in [0.4, 0.5) is 0 Å². The molecule has 1 aliphatic rings. The van der Waals surface area contributed by atoms with Crippen LogP contribution in [0, 0.1) is 0 Å². The van der Waals surface area contributed by atoms with Crippen molar-refractivity contribution in [2.45, 2.75) is 17.9 Å². The molecule has 0 saturated heterocycles. The van der Waals surface area contributed by atoms with Gasteiger partial charge in [-0.2, -0.15) is 5.10 Å². The van der Waals surface area contributed by atoms with Gasteiger partial charge in [-0.25, -0.2) is 27.2 Å². The van der Waals surface area contributed by atoms with Crippen molar-refractivity contribution >= 4 is 44.7 Å². The maximum atomic E-state index is 14.0. The van der Waals surface area contributed by atoms with E-state index in [0.29, 0.717) is 37.4 Å². The van der Waals surface area contributed by atoms with Crippen LogP contribution in [0.5, 0.6) is 0 Å². The number of nitrogens with zero attached hydrogens (tertiary/aromatic N) is 5. The highest BCUT2D eigenvalue weighted by Gasteiger charge is 2.33. The molecule has 13 heteroatoms.